The number of benzene rings is 1. The highest BCUT2D eigenvalue weighted by Crippen LogP contribution is 2.34. The summed E-state index contributed by atoms with van der Waals surface area (Å²) in [7, 11) is 0. The van der Waals surface area contributed by atoms with E-state index in [9.17, 15) is 4.79 Å². The van der Waals surface area contributed by atoms with Gasteiger partial charge in [0.2, 0.25) is 0 Å². The first-order valence-corrected chi connectivity index (χ1v) is 6.00. The van der Waals surface area contributed by atoms with E-state index < -0.39 is 0 Å². The summed E-state index contributed by atoms with van der Waals surface area (Å²) in [5.74, 6) is 0. The van der Waals surface area contributed by atoms with Gasteiger partial charge in [-0.2, -0.15) is 0 Å². The van der Waals surface area contributed by atoms with Crippen molar-refractivity contribution in [2.24, 2.45) is 0 Å². The summed E-state index contributed by atoms with van der Waals surface area (Å²) in [5, 5.41) is 2.25. The van der Waals surface area contributed by atoms with Crippen LogP contribution < -0.4 is 5.56 Å². The van der Waals surface area contributed by atoms with Gasteiger partial charge in [0, 0.05) is 21.7 Å². The van der Waals surface area contributed by atoms with Gasteiger partial charge in [-0.1, -0.05) is 12.1 Å². The van der Waals surface area contributed by atoms with Gasteiger partial charge in [-0.05, 0) is 31.0 Å². The van der Waals surface area contributed by atoms with E-state index in [0.29, 0.717) is 0 Å². The third-order valence-corrected chi connectivity index (χ3v) is 4.43. The Hall–Kier alpha value is -1.61. The van der Waals surface area contributed by atoms with Crippen LogP contribution in [0.2, 0.25) is 0 Å². The number of rotatable bonds is 0. The molecule has 3 aromatic rings. The van der Waals surface area contributed by atoms with Gasteiger partial charge in [0.25, 0.3) is 5.56 Å². The third-order valence-electron chi connectivity index (χ3n) is 3.09. The quantitative estimate of drug-likeness (QED) is 0.630. The Balaban J connectivity index is 2.66. The van der Waals surface area contributed by atoms with E-state index in [1.165, 1.54) is 21.2 Å². The number of aromatic nitrogens is 1. The molecule has 0 unspecified atom stereocenters. The molecule has 16 heavy (non-hydrogen) atoms. The SMILES string of the molecule is Cc1ccc2c(sc3c(=O)[nH]ccc32)c1C. The molecule has 1 N–H and O–H groups in total. The van der Waals surface area contributed by atoms with Gasteiger partial charge in [-0.25, -0.2) is 0 Å². The molecule has 0 saturated heterocycles. The van der Waals surface area contributed by atoms with Crippen molar-refractivity contribution in [3.8, 4) is 0 Å². The van der Waals surface area contributed by atoms with Crippen molar-refractivity contribution in [2.45, 2.75) is 13.8 Å². The fraction of sp³-hybridized carbons (Fsp3) is 0.154. The predicted octanol–water partition coefficient (Wildman–Crippen LogP) is 3.36. The van der Waals surface area contributed by atoms with Crippen LogP contribution in [0.15, 0.2) is 29.2 Å². The summed E-state index contributed by atoms with van der Waals surface area (Å²) in [6.45, 7) is 4.21. The summed E-state index contributed by atoms with van der Waals surface area (Å²) in [5.41, 5.74) is 2.56. The van der Waals surface area contributed by atoms with Gasteiger partial charge < -0.3 is 4.98 Å². The van der Waals surface area contributed by atoms with Gasteiger partial charge in [0.1, 0.15) is 4.70 Å². The first-order chi connectivity index (χ1) is 7.68. The number of nitrogens with one attached hydrogen (secondary N) is 1. The maximum atomic E-state index is 11.7. The smallest absolute Gasteiger partial charge is 0.265 e. The topological polar surface area (TPSA) is 32.9 Å². The zero-order valence-corrected chi connectivity index (χ0v) is 9.94. The molecule has 2 nitrogen and oxygen atoms in total. The average Bonchev–Trinajstić information content (AvgIpc) is 2.65. The zero-order chi connectivity index (χ0) is 11.3. The molecule has 80 valence electrons. The molecule has 0 saturated carbocycles. The number of hydrogen-bond acceptors (Lipinski definition) is 2. The second-order valence-corrected chi connectivity index (χ2v) is 5.06. The van der Waals surface area contributed by atoms with Gasteiger partial charge in [-0.3, -0.25) is 4.79 Å². The highest BCUT2D eigenvalue weighted by atomic mass is 32.1. The molecule has 3 heteroatoms. The molecular weight excluding hydrogens is 218 g/mol. The Morgan fingerprint density at radius 3 is 2.62 bits per heavy atom. The summed E-state index contributed by atoms with van der Waals surface area (Å²) >= 11 is 1.59. The monoisotopic (exact) mass is 229 g/mol. The molecule has 3 rings (SSSR count). The van der Waals surface area contributed by atoms with Crippen LogP contribution in [-0.2, 0) is 0 Å². The summed E-state index contributed by atoms with van der Waals surface area (Å²) in [6.07, 6.45) is 1.71. The Morgan fingerprint density at radius 2 is 1.81 bits per heavy atom. The Bertz CT molecular complexity index is 752. The lowest BCUT2D eigenvalue weighted by molar-refractivity contribution is 1.29. The maximum Gasteiger partial charge on any atom is 0.265 e. The Kier molecular flexibility index (Phi) is 1.91. The van der Waals surface area contributed by atoms with E-state index in [4.69, 9.17) is 0 Å². The number of aromatic amines is 1. The van der Waals surface area contributed by atoms with Crippen LogP contribution >= 0.6 is 11.3 Å². The van der Waals surface area contributed by atoms with E-state index in [2.05, 4.69) is 31.0 Å². The third kappa shape index (κ3) is 1.15. The van der Waals surface area contributed by atoms with Crippen molar-refractivity contribution in [3.05, 3.63) is 45.9 Å². The fourth-order valence-corrected chi connectivity index (χ4v) is 3.26. The van der Waals surface area contributed by atoms with Crippen LogP contribution in [0.1, 0.15) is 11.1 Å². The largest absolute Gasteiger partial charge is 0.328 e. The first kappa shape index (κ1) is 9.60. The summed E-state index contributed by atoms with van der Waals surface area (Å²) < 4.78 is 2.05. The standard InChI is InChI=1S/C13H11NOS/c1-7-3-4-9-10-5-6-14-13(15)12(10)16-11(9)8(7)2/h3-6H,1-2H3,(H,14,15). The second-order valence-electron chi connectivity index (χ2n) is 4.04. The van der Waals surface area contributed by atoms with Crippen molar-refractivity contribution in [3.63, 3.8) is 0 Å². The lowest BCUT2D eigenvalue weighted by atomic mass is 10.1. The van der Waals surface area contributed by atoms with Crippen molar-refractivity contribution < 1.29 is 0 Å². The van der Waals surface area contributed by atoms with Crippen LogP contribution in [0, 0.1) is 13.8 Å². The maximum absolute atomic E-state index is 11.7. The molecule has 0 aliphatic rings. The number of aryl methyl sites for hydroxylation is 2. The molecule has 0 amide bonds. The van der Waals surface area contributed by atoms with E-state index in [1.807, 2.05) is 6.07 Å². The van der Waals surface area contributed by atoms with E-state index in [1.54, 1.807) is 17.5 Å². The van der Waals surface area contributed by atoms with Crippen molar-refractivity contribution in [2.75, 3.05) is 0 Å². The number of thiophene rings is 1. The average molecular weight is 229 g/mol. The van der Waals surface area contributed by atoms with Crippen molar-refractivity contribution >= 4 is 31.5 Å². The van der Waals surface area contributed by atoms with Crippen molar-refractivity contribution in [1.82, 2.24) is 4.98 Å². The summed E-state index contributed by atoms with van der Waals surface area (Å²) in [6, 6.07) is 6.20. The molecule has 0 aliphatic carbocycles. The van der Waals surface area contributed by atoms with Gasteiger partial charge >= 0.3 is 0 Å². The first-order valence-electron chi connectivity index (χ1n) is 5.18. The molecule has 2 heterocycles. The lowest BCUT2D eigenvalue weighted by Crippen LogP contribution is -2.01. The van der Waals surface area contributed by atoms with Crippen LogP contribution in [-0.4, -0.2) is 4.98 Å². The van der Waals surface area contributed by atoms with Crippen LogP contribution in [0.3, 0.4) is 0 Å². The number of H-pyrrole nitrogens is 1. The Labute approximate surface area is 96.5 Å². The summed E-state index contributed by atoms with van der Waals surface area (Å²) in [4.78, 5) is 14.4. The van der Waals surface area contributed by atoms with E-state index in [-0.39, 0.29) is 5.56 Å². The normalized spacial score (nSPS) is 11.4. The second kappa shape index (κ2) is 3.19. The molecule has 1 aromatic carbocycles. The van der Waals surface area contributed by atoms with Gasteiger partial charge in [-0.15, -0.1) is 11.3 Å². The lowest BCUT2D eigenvalue weighted by Gasteiger charge is -1.99. The molecule has 0 spiro atoms. The number of fused-ring (bicyclic) bond motifs is 3. The minimum atomic E-state index is 0.00996. The number of hydrogen-bond donors (Lipinski definition) is 1. The van der Waals surface area contributed by atoms with E-state index >= 15 is 0 Å². The molecule has 0 bridgehead atoms. The molecule has 0 fully saturated rings. The minimum absolute atomic E-state index is 0.00996. The molecule has 2 aromatic heterocycles. The Morgan fingerprint density at radius 1 is 1.06 bits per heavy atom. The molecule has 0 atom stereocenters. The van der Waals surface area contributed by atoms with Gasteiger partial charge in [0.05, 0.1) is 0 Å². The van der Waals surface area contributed by atoms with Crippen LogP contribution in [0.25, 0.3) is 20.2 Å². The zero-order valence-electron chi connectivity index (χ0n) is 9.13. The molecule has 0 aliphatic heterocycles. The van der Waals surface area contributed by atoms with Crippen molar-refractivity contribution in [1.29, 1.82) is 0 Å². The highest BCUT2D eigenvalue weighted by molar-refractivity contribution is 7.26. The van der Waals surface area contributed by atoms with Gasteiger partial charge in [0.15, 0.2) is 0 Å². The number of pyridine rings is 1. The molecule has 0 radical (unpaired) electrons. The predicted molar refractivity (Wildman–Crippen MR) is 69.4 cm³/mol. The van der Waals surface area contributed by atoms with Crippen LogP contribution in [0.4, 0.5) is 0 Å². The van der Waals surface area contributed by atoms with Crippen LogP contribution in [0.5, 0.6) is 0 Å². The highest BCUT2D eigenvalue weighted by Gasteiger charge is 2.09. The fourth-order valence-electron chi connectivity index (χ4n) is 2.01. The minimum Gasteiger partial charge on any atom is -0.328 e. The van der Waals surface area contributed by atoms with E-state index in [0.717, 1.165) is 10.1 Å². The molecular formula is C13H11NOS.